The highest BCUT2D eigenvalue weighted by Crippen LogP contribution is 1.64. The van der Waals surface area contributed by atoms with E-state index >= 15 is 0 Å². The van der Waals surface area contributed by atoms with Gasteiger partial charge in [-0.2, -0.15) is 0 Å². The average molecular weight is 176 g/mol. The van der Waals surface area contributed by atoms with E-state index < -0.39 is 0 Å². The maximum absolute atomic E-state index is 10.2. The minimum Gasteiger partial charge on any atom is -0.367 e. The Morgan fingerprint density at radius 2 is 1.75 bits per heavy atom. The van der Waals surface area contributed by atoms with Crippen molar-refractivity contribution < 1.29 is 0 Å². The molecule has 1 aromatic rings. The molecule has 0 aromatic carbocycles. The van der Waals surface area contributed by atoms with Gasteiger partial charge in [0.25, 0.3) is 0 Å². The van der Waals surface area contributed by atoms with Gasteiger partial charge in [0.2, 0.25) is 0 Å². The number of halogens is 1. The smallest absolute Gasteiger partial charge is 0.181 e. The molecule has 0 aliphatic rings. The zero-order chi connectivity index (χ0) is 5.11. The zero-order valence-corrected chi connectivity index (χ0v) is 5.84. The van der Waals surface area contributed by atoms with Gasteiger partial charge in [0, 0.05) is 24.5 Å². The molecule has 1 rings (SSSR count). The Bertz CT molecular complexity index is 178. The standard InChI is InChI=1S/C5H5NO.BrH/c7-5-1-3-6-4-2-5;/h1-4H,(H,6,7);1H. The number of rotatable bonds is 0. The molecule has 0 spiro atoms. The van der Waals surface area contributed by atoms with Crippen LogP contribution in [-0.4, -0.2) is 4.98 Å². The molecule has 0 saturated heterocycles. The second kappa shape index (κ2) is 3.43. The monoisotopic (exact) mass is 175 g/mol. The first-order valence-electron chi connectivity index (χ1n) is 2.03. The van der Waals surface area contributed by atoms with E-state index in [1.54, 1.807) is 12.4 Å². The van der Waals surface area contributed by atoms with Crippen molar-refractivity contribution in [2.24, 2.45) is 0 Å². The Labute approximate surface area is 57.3 Å². The van der Waals surface area contributed by atoms with Crippen LogP contribution in [0.15, 0.2) is 29.3 Å². The van der Waals surface area contributed by atoms with Gasteiger partial charge in [-0.05, 0) is 0 Å². The highest BCUT2D eigenvalue weighted by molar-refractivity contribution is 8.93. The third kappa shape index (κ3) is 1.93. The Kier molecular flexibility index (Phi) is 3.19. The van der Waals surface area contributed by atoms with Crippen LogP contribution in [0.2, 0.25) is 0 Å². The molecule has 8 heavy (non-hydrogen) atoms. The Morgan fingerprint density at radius 3 is 2.00 bits per heavy atom. The molecule has 2 nitrogen and oxygen atoms in total. The third-order valence-corrected chi connectivity index (χ3v) is 0.688. The Hall–Kier alpha value is -0.570. The fraction of sp³-hybridized carbons (Fsp3) is 0. The predicted molar refractivity (Wildman–Crippen MR) is 37.4 cm³/mol. The van der Waals surface area contributed by atoms with Crippen molar-refractivity contribution in [3.8, 4) is 0 Å². The molecule has 0 saturated carbocycles. The second-order valence-electron chi connectivity index (χ2n) is 1.24. The molecule has 0 bridgehead atoms. The summed E-state index contributed by atoms with van der Waals surface area (Å²) in [5.74, 6) is 0. The SMILES string of the molecule is Br.O=c1cc[nH]cc1. The molecule has 0 atom stereocenters. The Morgan fingerprint density at radius 1 is 1.25 bits per heavy atom. The number of nitrogens with one attached hydrogen (secondary N) is 1. The van der Waals surface area contributed by atoms with Crippen LogP contribution in [0.4, 0.5) is 0 Å². The van der Waals surface area contributed by atoms with E-state index in [0.29, 0.717) is 0 Å². The number of H-pyrrole nitrogens is 1. The van der Waals surface area contributed by atoms with Gasteiger partial charge in [0.05, 0.1) is 0 Å². The van der Waals surface area contributed by atoms with E-state index in [9.17, 15) is 4.79 Å². The van der Waals surface area contributed by atoms with Crippen molar-refractivity contribution in [3.05, 3.63) is 34.7 Å². The number of aromatic amines is 1. The molecule has 0 amide bonds. The number of pyridine rings is 1. The molecule has 0 unspecified atom stereocenters. The van der Waals surface area contributed by atoms with E-state index in [1.165, 1.54) is 12.1 Å². The molecule has 44 valence electrons. The maximum atomic E-state index is 10.2. The second-order valence-corrected chi connectivity index (χ2v) is 1.24. The van der Waals surface area contributed by atoms with Gasteiger partial charge in [0.15, 0.2) is 5.43 Å². The first kappa shape index (κ1) is 7.43. The van der Waals surface area contributed by atoms with Crippen LogP contribution in [0.1, 0.15) is 0 Å². The van der Waals surface area contributed by atoms with Gasteiger partial charge in [0.1, 0.15) is 0 Å². The summed E-state index contributed by atoms with van der Waals surface area (Å²) in [5, 5.41) is 0. The van der Waals surface area contributed by atoms with Crippen LogP contribution in [-0.2, 0) is 0 Å². The minimum atomic E-state index is 0. The largest absolute Gasteiger partial charge is 0.367 e. The van der Waals surface area contributed by atoms with Crippen LogP contribution in [0.25, 0.3) is 0 Å². The molecule has 1 aromatic heterocycles. The van der Waals surface area contributed by atoms with Crippen molar-refractivity contribution in [2.45, 2.75) is 0 Å². The fourth-order valence-electron chi connectivity index (χ4n) is 0.372. The van der Waals surface area contributed by atoms with Gasteiger partial charge in [-0.1, -0.05) is 0 Å². The molecule has 0 aliphatic carbocycles. The maximum Gasteiger partial charge on any atom is 0.181 e. The van der Waals surface area contributed by atoms with Crippen molar-refractivity contribution in [1.29, 1.82) is 0 Å². The molecular formula is C5H6BrNO. The Balaban J connectivity index is 0.000000490. The van der Waals surface area contributed by atoms with E-state index in [4.69, 9.17) is 0 Å². The first-order chi connectivity index (χ1) is 3.39. The van der Waals surface area contributed by atoms with E-state index in [0.717, 1.165) is 0 Å². The summed E-state index contributed by atoms with van der Waals surface area (Å²) in [5.41, 5.74) is 0.0405. The van der Waals surface area contributed by atoms with Crippen molar-refractivity contribution in [3.63, 3.8) is 0 Å². The molecule has 3 heteroatoms. The lowest BCUT2D eigenvalue weighted by Gasteiger charge is -1.73. The predicted octanol–water partition coefficient (Wildman–Crippen LogP) is 0.953. The average Bonchev–Trinajstić information content (AvgIpc) is 1.69. The van der Waals surface area contributed by atoms with Crippen LogP contribution in [0.3, 0.4) is 0 Å². The van der Waals surface area contributed by atoms with E-state index in [-0.39, 0.29) is 22.4 Å². The molecule has 1 heterocycles. The highest BCUT2D eigenvalue weighted by Gasteiger charge is 1.70. The summed E-state index contributed by atoms with van der Waals surface area (Å²) in [4.78, 5) is 13.0. The molecule has 0 fully saturated rings. The van der Waals surface area contributed by atoms with E-state index in [1.807, 2.05) is 0 Å². The lowest BCUT2D eigenvalue weighted by molar-refractivity contribution is 1.31. The minimum absolute atomic E-state index is 0. The molecule has 0 aliphatic heterocycles. The first-order valence-corrected chi connectivity index (χ1v) is 2.03. The van der Waals surface area contributed by atoms with Crippen molar-refractivity contribution >= 4 is 17.0 Å². The van der Waals surface area contributed by atoms with Gasteiger partial charge < -0.3 is 4.98 Å². The van der Waals surface area contributed by atoms with Crippen LogP contribution >= 0.6 is 17.0 Å². The summed E-state index contributed by atoms with van der Waals surface area (Å²) in [6.45, 7) is 0. The van der Waals surface area contributed by atoms with Gasteiger partial charge in [-0.15, -0.1) is 17.0 Å². The van der Waals surface area contributed by atoms with Crippen LogP contribution < -0.4 is 5.43 Å². The van der Waals surface area contributed by atoms with Gasteiger partial charge >= 0.3 is 0 Å². The fourth-order valence-corrected chi connectivity index (χ4v) is 0.372. The number of hydrogen-bond donors (Lipinski definition) is 1. The normalized spacial score (nSPS) is 7.50. The topological polar surface area (TPSA) is 32.9 Å². The lowest BCUT2D eigenvalue weighted by Crippen LogP contribution is -1.92. The summed E-state index contributed by atoms with van der Waals surface area (Å²) in [7, 11) is 0. The molecular weight excluding hydrogens is 170 g/mol. The quantitative estimate of drug-likeness (QED) is 0.627. The van der Waals surface area contributed by atoms with Crippen LogP contribution in [0.5, 0.6) is 0 Å². The van der Waals surface area contributed by atoms with E-state index in [2.05, 4.69) is 4.98 Å². The molecule has 1 N–H and O–H groups in total. The summed E-state index contributed by atoms with van der Waals surface area (Å²) in [6, 6.07) is 2.94. The van der Waals surface area contributed by atoms with Gasteiger partial charge in [-0.3, -0.25) is 4.79 Å². The zero-order valence-electron chi connectivity index (χ0n) is 4.13. The highest BCUT2D eigenvalue weighted by atomic mass is 79.9. The number of aromatic nitrogens is 1. The van der Waals surface area contributed by atoms with Crippen molar-refractivity contribution in [1.82, 2.24) is 4.98 Å². The summed E-state index contributed by atoms with van der Waals surface area (Å²) < 4.78 is 0. The third-order valence-electron chi connectivity index (χ3n) is 0.688. The van der Waals surface area contributed by atoms with Gasteiger partial charge in [-0.25, -0.2) is 0 Å². The summed E-state index contributed by atoms with van der Waals surface area (Å²) >= 11 is 0. The summed E-state index contributed by atoms with van der Waals surface area (Å²) in [6.07, 6.45) is 3.20. The lowest BCUT2D eigenvalue weighted by atomic mass is 10.5. The van der Waals surface area contributed by atoms with Crippen LogP contribution in [0, 0.1) is 0 Å². The van der Waals surface area contributed by atoms with Crippen molar-refractivity contribution in [2.75, 3.05) is 0 Å². The molecule has 0 radical (unpaired) electrons. The number of hydrogen-bond acceptors (Lipinski definition) is 1.